The van der Waals surface area contributed by atoms with Gasteiger partial charge in [0, 0.05) is 17.5 Å². The van der Waals surface area contributed by atoms with Crippen LogP contribution in [0, 0.1) is 0 Å². The molecule has 1 aromatic carbocycles. The molecule has 0 aliphatic heterocycles. The van der Waals surface area contributed by atoms with E-state index in [9.17, 15) is 0 Å². The zero-order valence-electron chi connectivity index (χ0n) is 12.9. The second-order valence-corrected chi connectivity index (χ2v) is 6.97. The van der Waals surface area contributed by atoms with Crippen molar-refractivity contribution in [2.45, 2.75) is 45.1 Å². The van der Waals surface area contributed by atoms with Gasteiger partial charge in [-0.05, 0) is 61.2 Å². The summed E-state index contributed by atoms with van der Waals surface area (Å²) in [5.41, 5.74) is 3.07. The summed E-state index contributed by atoms with van der Waals surface area (Å²) in [6.45, 7) is 4.68. The van der Waals surface area contributed by atoms with Gasteiger partial charge in [0.1, 0.15) is 0 Å². The van der Waals surface area contributed by atoms with E-state index in [0.717, 1.165) is 6.04 Å². The molecule has 1 aliphatic carbocycles. The molecule has 0 saturated carbocycles. The lowest BCUT2D eigenvalue weighted by atomic mass is 10.0. The van der Waals surface area contributed by atoms with Gasteiger partial charge < -0.3 is 4.90 Å². The van der Waals surface area contributed by atoms with Crippen LogP contribution in [0.2, 0.25) is 0 Å². The fourth-order valence-electron chi connectivity index (χ4n) is 3.45. The minimum Gasteiger partial charge on any atom is -0.300 e. The molecule has 1 unspecified atom stereocenters. The van der Waals surface area contributed by atoms with Crippen molar-refractivity contribution in [3.63, 3.8) is 0 Å². The van der Waals surface area contributed by atoms with Crippen LogP contribution in [0.15, 0.2) is 41.8 Å². The Morgan fingerprint density at radius 1 is 1.10 bits per heavy atom. The Labute approximate surface area is 132 Å². The van der Waals surface area contributed by atoms with E-state index >= 15 is 0 Å². The van der Waals surface area contributed by atoms with Crippen LogP contribution in [0.25, 0.3) is 0 Å². The summed E-state index contributed by atoms with van der Waals surface area (Å²) in [7, 11) is 0. The van der Waals surface area contributed by atoms with Crippen molar-refractivity contribution in [1.29, 1.82) is 0 Å². The number of rotatable bonds is 5. The zero-order chi connectivity index (χ0) is 14.5. The molecule has 2 heteroatoms. The van der Waals surface area contributed by atoms with Crippen LogP contribution in [-0.2, 0) is 19.3 Å². The second-order valence-electron chi connectivity index (χ2n) is 5.96. The van der Waals surface area contributed by atoms with Crippen LogP contribution in [0.5, 0.6) is 0 Å². The lowest BCUT2D eigenvalue weighted by Crippen LogP contribution is -2.37. The van der Waals surface area contributed by atoms with Crippen molar-refractivity contribution < 1.29 is 0 Å². The van der Waals surface area contributed by atoms with Gasteiger partial charge in [-0.2, -0.15) is 0 Å². The van der Waals surface area contributed by atoms with Crippen molar-refractivity contribution in [3.8, 4) is 0 Å². The Morgan fingerprint density at radius 2 is 1.90 bits per heavy atom. The van der Waals surface area contributed by atoms with Gasteiger partial charge in [0.25, 0.3) is 0 Å². The highest BCUT2D eigenvalue weighted by Crippen LogP contribution is 2.27. The Bertz CT molecular complexity index is 523. The van der Waals surface area contributed by atoms with Gasteiger partial charge in [-0.25, -0.2) is 0 Å². The van der Waals surface area contributed by atoms with Crippen molar-refractivity contribution in [3.05, 3.63) is 57.8 Å². The molecule has 1 atom stereocenters. The summed E-state index contributed by atoms with van der Waals surface area (Å²) in [6.07, 6.45) is 6.38. The first kappa shape index (κ1) is 14.8. The van der Waals surface area contributed by atoms with Crippen molar-refractivity contribution in [1.82, 2.24) is 4.90 Å². The predicted molar refractivity (Wildman–Crippen MR) is 92.1 cm³/mol. The molecule has 0 saturated heterocycles. The number of thiophene rings is 1. The SMILES string of the molecule is CCN(CCc1ccccc1)C1CCc2ccsc2CC1. The number of benzene rings is 1. The molecule has 21 heavy (non-hydrogen) atoms. The molecule has 0 radical (unpaired) electrons. The van der Waals surface area contributed by atoms with E-state index < -0.39 is 0 Å². The first-order valence-electron chi connectivity index (χ1n) is 8.20. The second kappa shape index (κ2) is 7.24. The van der Waals surface area contributed by atoms with Crippen molar-refractivity contribution >= 4 is 11.3 Å². The third-order valence-electron chi connectivity index (χ3n) is 4.74. The fourth-order valence-corrected chi connectivity index (χ4v) is 4.41. The highest BCUT2D eigenvalue weighted by Gasteiger charge is 2.21. The highest BCUT2D eigenvalue weighted by atomic mass is 32.1. The lowest BCUT2D eigenvalue weighted by molar-refractivity contribution is 0.191. The van der Waals surface area contributed by atoms with Gasteiger partial charge in [-0.3, -0.25) is 0 Å². The summed E-state index contributed by atoms with van der Waals surface area (Å²) >= 11 is 1.95. The Hall–Kier alpha value is -1.12. The molecule has 0 N–H and O–H groups in total. The monoisotopic (exact) mass is 299 g/mol. The smallest absolute Gasteiger partial charge is 0.0102 e. The molecular weight excluding hydrogens is 274 g/mol. The number of aryl methyl sites for hydroxylation is 2. The molecule has 0 amide bonds. The number of nitrogens with zero attached hydrogens (tertiary/aromatic N) is 1. The summed E-state index contributed by atoms with van der Waals surface area (Å²) in [5, 5.41) is 2.26. The number of hydrogen-bond acceptors (Lipinski definition) is 2. The van der Waals surface area contributed by atoms with Crippen LogP contribution in [0.4, 0.5) is 0 Å². The summed E-state index contributed by atoms with van der Waals surface area (Å²) in [4.78, 5) is 4.33. The minimum absolute atomic E-state index is 0.762. The maximum atomic E-state index is 2.70. The predicted octanol–water partition coefficient (Wildman–Crippen LogP) is 4.56. The Balaban J connectivity index is 1.57. The number of hydrogen-bond donors (Lipinski definition) is 0. The van der Waals surface area contributed by atoms with Gasteiger partial charge >= 0.3 is 0 Å². The summed E-state index contributed by atoms with van der Waals surface area (Å²) < 4.78 is 0. The standard InChI is InChI=1S/C19H25NS/c1-2-20(14-12-16-6-4-3-5-7-16)18-9-8-17-13-15-21-19(17)11-10-18/h3-7,13,15,18H,2,8-12,14H2,1H3. The van der Waals surface area contributed by atoms with Crippen LogP contribution >= 0.6 is 11.3 Å². The van der Waals surface area contributed by atoms with E-state index in [-0.39, 0.29) is 0 Å². The van der Waals surface area contributed by atoms with Gasteiger partial charge in [-0.1, -0.05) is 37.3 Å². The van der Waals surface area contributed by atoms with Gasteiger partial charge in [0.2, 0.25) is 0 Å². The van der Waals surface area contributed by atoms with E-state index in [1.807, 2.05) is 11.3 Å². The largest absolute Gasteiger partial charge is 0.300 e. The minimum atomic E-state index is 0.762. The molecule has 1 aromatic heterocycles. The van der Waals surface area contributed by atoms with E-state index in [1.54, 1.807) is 10.4 Å². The molecular formula is C19H25NS. The molecule has 3 rings (SSSR count). The molecule has 0 fully saturated rings. The number of fused-ring (bicyclic) bond motifs is 1. The topological polar surface area (TPSA) is 3.24 Å². The van der Waals surface area contributed by atoms with Crippen LogP contribution < -0.4 is 0 Å². The van der Waals surface area contributed by atoms with E-state index in [2.05, 4.69) is 53.6 Å². The zero-order valence-corrected chi connectivity index (χ0v) is 13.7. The van der Waals surface area contributed by atoms with Crippen molar-refractivity contribution in [2.24, 2.45) is 0 Å². The van der Waals surface area contributed by atoms with Crippen LogP contribution in [0.1, 0.15) is 35.8 Å². The molecule has 0 bridgehead atoms. The van der Waals surface area contributed by atoms with Crippen LogP contribution in [-0.4, -0.2) is 24.0 Å². The fraction of sp³-hybridized carbons (Fsp3) is 0.474. The van der Waals surface area contributed by atoms with E-state index in [1.165, 1.54) is 50.8 Å². The molecule has 112 valence electrons. The van der Waals surface area contributed by atoms with Gasteiger partial charge in [0.05, 0.1) is 0 Å². The molecule has 1 nitrogen and oxygen atoms in total. The first-order chi connectivity index (χ1) is 10.4. The molecule has 2 aromatic rings. The first-order valence-corrected chi connectivity index (χ1v) is 9.08. The lowest BCUT2D eigenvalue weighted by Gasteiger charge is -2.30. The normalized spacial score (nSPS) is 18.5. The van der Waals surface area contributed by atoms with E-state index in [4.69, 9.17) is 0 Å². The number of likely N-dealkylation sites (N-methyl/N-ethyl adjacent to an activating group) is 1. The van der Waals surface area contributed by atoms with Gasteiger partial charge in [-0.15, -0.1) is 11.3 Å². The Kier molecular flexibility index (Phi) is 5.10. The highest BCUT2D eigenvalue weighted by molar-refractivity contribution is 7.10. The maximum Gasteiger partial charge on any atom is 0.0102 e. The third-order valence-corrected chi connectivity index (χ3v) is 5.77. The quantitative estimate of drug-likeness (QED) is 0.732. The van der Waals surface area contributed by atoms with Crippen molar-refractivity contribution in [2.75, 3.05) is 13.1 Å². The molecule has 0 spiro atoms. The average Bonchev–Trinajstić information content (AvgIpc) is 2.89. The summed E-state index contributed by atoms with van der Waals surface area (Å²) in [6, 6.07) is 14.0. The average molecular weight is 299 g/mol. The maximum absolute atomic E-state index is 2.70. The van der Waals surface area contributed by atoms with E-state index in [0.29, 0.717) is 0 Å². The van der Waals surface area contributed by atoms with Crippen LogP contribution in [0.3, 0.4) is 0 Å². The van der Waals surface area contributed by atoms with Gasteiger partial charge in [0.15, 0.2) is 0 Å². The summed E-state index contributed by atoms with van der Waals surface area (Å²) in [5.74, 6) is 0. The molecule has 1 aliphatic rings. The molecule has 1 heterocycles. The third kappa shape index (κ3) is 3.75. The Morgan fingerprint density at radius 3 is 2.71 bits per heavy atom.